The lowest BCUT2D eigenvalue weighted by atomic mass is 9.81. The van der Waals surface area contributed by atoms with Gasteiger partial charge < -0.3 is 10.1 Å². The van der Waals surface area contributed by atoms with Gasteiger partial charge in [-0.25, -0.2) is 0 Å². The van der Waals surface area contributed by atoms with E-state index < -0.39 is 6.10 Å². The molecule has 1 amide bonds. The average molecular weight is 305 g/mol. The number of hydrogen-bond donors (Lipinski definition) is 1. The molecule has 124 valence electrons. The van der Waals surface area contributed by atoms with E-state index in [9.17, 15) is 4.79 Å². The Morgan fingerprint density at radius 3 is 2.27 bits per heavy atom. The Balaban J connectivity index is 2.69. The summed E-state index contributed by atoms with van der Waals surface area (Å²) in [5, 5.41) is 3.10. The summed E-state index contributed by atoms with van der Waals surface area (Å²) >= 11 is 0. The molecule has 0 aliphatic carbocycles. The van der Waals surface area contributed by atoms with Crippen molar-refractivity contribution in [2.45, 2.75) is 73.5 Å². The molecule has 0 saturated heterocycles. The maximum absolute atomic E-state index is 12.4. The molecular formula is C19H31NO2. The van der Waals surface area contributed by atoms with E-state index in [0.717, 1.165) is 17.7 Å². The Morgan fingerprint density at radius 1 is 1.18 bits per heavy atom. The van der Waals surface area contributed by atoms with E-state index in [2.05, 4.69) is 46.0 Å². The fraction of sp³-hybridized carbons (Fsp3) is 0.632. The largest absolute Gasteiger partial charge is 0.481 e. The predicted octanol–water partition coefficient (Wildman–Crippen LogP) is 4.40. The van der Waals surface area contributed by atoms with E-state index in [1.54, 1.807) is 6.92 Å². The lowest BCUT2D eigenvalue weighted by molar-refractivity contribution is -0.129. The summed E-state index contributed by atoms with van der Waals surface area (Å²) in [4.78, 5) is 12.4. The summed E-state index contributed by atoms with van der Waals surface area (Å²) in [5.41, 5.74) is 2.14. The molecular weight excluding hydrogens is 274 g/mol. The first-order chi connectivity index (χ1) is 9.89. The van der Waals surface area contributed by atoms with Crippen LogP contribution in [-0.4, -0.2) is 17.6 Å². The van der Waals surface area contributed by atoms with Gasteiger partial charge >= 0.3 is 0 Å². The third kappa shape index (κ3) is 6.08. The first-order valence-electron chi connectivity index (χ1n) is 7.96. The van der Waals surface area contributed by atoms with Gasteiger partial charge in [0.15, 0.2) is 6.10 Å². The van der Waals surface area contributed by atoms with Crippen LogP contribution >= 0.6 is 0 Å². The summed E-state index contributed by atoms with van der Waals surface area (Å²) in [6, 6.07) is 5.98. The van der Waals surface area contributed by atoms with Gasteiger partial charge in [-0.3, -0.25) is 4.79 Å². The molecule has 22 heavy (non-hydrogen) atoms. The van der Waals surface area contributed by atoms with Gasteiger partial charge in [0, 0.05) is 5.54 Å². The van der Waals surface area contributed by atoms with Crippen molar-refractivity contribution in [1.29, 1.82) is 0 Å². The summed E-state index contributed by atoms with van der Waals surface area (Å²) in [6.07, 6.45) is 0.391. The first kappa shape index (κ1) is 18.5. The molecule has 1 aromatic carbocycles. The minimum absolute atomic E-state index is 0.0748. The Bertz CT molecular complexity index is 527. The maximum Gasteiger partial charge on any atom is 0.261 e. The zero-order valence-electron chi connectivity index (χ0n) is 15.3. The number of amides is 1. The van der Waals surface area contributed by atoms with Crippen LogP contribution in [0.25, 0.3) is 0 Å². The molecule has 1 rings (SSSR count). The van der Waals surface area contributed by atoms with Crippen molar-refractivity contribution in [2.24, 2.45) is 5.41 Å². The molecule has 1 atom stereocenters. The Labute approximate surface area is 135 Å². The average Bonchev–Trinajstić information content (AvgIpc) is 2.28. The van der Waals surface area contributed by atoms with Crippen molar-refractivity contribution < 1.29 is 9.53 Å². The van der Waals surface area contributed by atoms with Crippen molar-refractivity contribution >= 4 is 5.91 Å². The van der Waals surface area contributed by atoms with E-state index in [4.69, 9.17) is 4.74 Å². The Kier molecular flexibility index (Phi) is 5.66. The molecule has 0 saturated carbocycles. The molecule has 3 heteroatoms. The SMILES string of the molecule is Cc1ccc(O[C@H](C)C(=O)NC(C)(C)CC(C)(C)C)c(C)c1. The number of carbonyl (C=O) groups is 1. The summed E-state index contributed by atoms with van der Waals surface area (Å²) in [6.45, 7) is 16.5. The molecule has 0 aromatic heterocycles. The lowest BCUT2D eigenvalue weighted by Crippen LogP contribution is -2.50. The van der Waals surface area contributed by atoms with Crippen molar-refractivity contribution in [1.82, 2.24) is 5.32 Å². The van der Waals surface area contributed by atoms with Crippen LogP contribution in [-0.2, 0) is 4.79 Å². The summed E-state index contributed by atoms with van der Waals surface area (Å²) in [5.74, 6) is 0.691. The highest BCUT2D eigenvalue weighted by molar-refractivity contribution is 5.81. The number of carbonyl (C=O) groups excluding carboxylic acids is 1. The van der Waals surface area contributed by atoms with Crippen LogP contribution in [0.15, 0.2) is 18.2 Å². The molecule has 0 radical (unpaired) electrons. The van der Waals surface area contributed by atoms with Crippen LogP contribution < -0.4 is 10.1 Å². The Hall–Kier alpha value is -1.51. The van der Waals surface area contributed by atoms with Crippen LogP contribution in [0.2, 0.25) is 0 Å². The van der Waals surface area contributed by atoms with E-state index in [0.29, 0.717) is 0 Å². The van der Waals surface area contributed by atoms with Gasteiger partial charge in [-0.2, -0.15) is 0 Å². The fourth-order valence-electron chi connectivity index (χ4n) is 2.98. The van der Waals surface area contributed by atoms with Crippen LogP contribution in [0, 0.1) is 19.3 Å². The van der Waals surface area contributed by atoms with Gasteiger partial charge in [-0.15, -0.1) is 0 Å². The molecule has 0 spiro atoms. The molecule has 0 heterocycles. The van der Waals surface area contributed by atoms with Crippen LogP contribution in [0.1, 0.15) is 59.1 Å². The molecule has 0 aliphatic rings. The molecule has 1 N–H and O–H groups in total. The topological polar surface area (TPSA) is 38.3 Å². The minimum Gasteiger partial charge on any atom is -0.481 e. The molecule has 1 aromatic rings. The first-order valence-corrected chi connectivity index (χ1v) is 7.96. The fourth-order valence-corrected chi connectivity index (χ4v) is 2.98. The zero-order chi connectivity index (χ0) is 17.1. The molecule has 0 aliphatic heterocycles. The number of aryl methyl sites for hydroxylation is 2. The van der Waals surface area contributed by atoms with Crippen molar-refractivity contribution in [3.63, 3.8) is 0 Å². The third-order valence-electron chi connectivity index (χ3n) is 3.44. The number of ether oxygens (including phenoxy) is 1. The molecule has 0 fully saturated rings. The maximum atomic E-state index is 12.4. The van der Waals surface area contributed by atoms with Crippen molar-refractivity contribution in [3.8, 4) is 5.75 Å². The van der Waals surface area contributed by atoms with E-state index >= 15 is 0 Å². The lowest BCUT2D eigenvalue weighted by Gasteiger charge is -2.34. The summed E-state index contributed by atoms with van der Waals surface area (Å²) in [7, 11) is 0. The second-order valence-electron chi connectivity index (χ2n) is 8.14. The second-order valence-corrected chi connectivity index (χ2v) is 8.14. The minimum atomic E-state index is -0.513. The van der Waals surface area contributed by atoms with Gasteiger partial charge in [0.1, 0.15) is 5.75 Å². The smallest absolute Gasteiger partial charge is 0.261 e. The van der Waals surface area contributed by atoms with E-state index in [-0.39, 0.29) is 16.9 Å². The highest BCUT2D eigenvalue weighted by Crippen LogP contribution is 2.27. The van der Waals surface area contributed by atoms with Crippen molar-refractivity contribution in [3.05, 3.63) is 29.3 Å². The standard InChI is InChI=1S/C19H31NO2/c1-13-9-10-16(14(2)11-13)22-15(3)17(21)20-19(7,8)12-18(4,5)6/h9-11,15H,12H2,1-8H3,(H,20,21)/t15-/m1/s1. The van der Waals surface area contributed by atoms with Gasteiger partial charge in [-0.1, -0.05) is 38.5 Å². The van der Waals surface area contributed by atoms with Crippen LogP contribution in [0.3, 0.4) is 0 Å². The van der Waals surface area contributed by atoms with Crippen molar-refractivity contribution in [2.75, 3.05) is 0 Å². The van der Waals surface area contributed by atoms with E-state index in [1.165, 1.54) is 5.56 Å². The third-order valence-corrected chi connectivity index (χ3v) is 3.44. The monoisotopic (exact) mass is 305 g/mol. The molecule has 0 bridgehead atoms. The van der Waals surface area contributed by atoms with Gasteiger partial charge in [0.25, 0.3) is 5.91 Å². The highest BCUT2D eigenvalue weighted by Gasteiger charge is 2.29. The predicted molar refractivity (Wildman–Crippen MR) is 92.3 cm³/mol. The number of hydrogen-bond acceptors (Lipinski definition) is 2. The number of nitrogens with one attached hydrogen (secondary N) is 1. The normalized spacial score (nSPS) is 13.6. The van der Waals surface area contributed by atoms with Crippen LogP contribution in [0.4, 0.5) is 0 Å². The quantitative estimate of drug-likeness (QED) is 0.875. The second kappa shape index (κ2) is 6.72. The van der Waals surface area contributed by atoms with Gasteiger partial charge in [-0.05, 0) is 58.1 Å². The Morgan fingerprint density at radius 2 is 1.77 bits per heavy atom. The molecule has 0 unspecified atom stereocenters. The van der Waals surface area contributed by atoms with Crippen LogP contribution in [0.5, 0.6) is 5.75 Å². The van der Waals surface area contributed by atoms with E-state index in [1.807, 2.05) is 26.0 Å². The summed E-state index contributed by atoms with van der Waals surface area (Å²) < 4.78 is 5.83. The highest BCUT2D eigenvalue weighted by atomic mass is 16.5. The molecule has 3 nitrogen and oxygen atoms in total. The zero-order valence-corrected chi connectivity index (χ0v) is 15.3. The number of benzene rings is 1. The van der Waals surface area contributed by atoms with Gasteiger partial charge in [0.05, 0.1) is 0 Å². The van der Waals surface area contributed by atoms with Gasteiger partial charge in [0.2, 0.25) is 0 Å². The number of rotatable bonds is 5.